The summed E-state index contributed by atoms with van der Waals surface area (Å²) in [4.78, 5) is 18.5. The molecular weight excluding hydrogens is 458 g/mol. The Labute approximate surface area is 214 Å². The Morgan fingerprint density at radius 2 is 1.75 bits per heavy atom. The Bertz CT molecular complexity index is 979. The molecule has 0 saturated carbocycles. The van der Waals surface area contributed by atoms with E-state index in [1.54, 1.807) is 11.8 Å². The molecule has 8 nitrogen and oxygen atoms in total. The third-order valence-electron chi connectivity index (χ3n) is 6.75. The highest BCUT2D eigenvalue weighted by atomic mass is 16.5. The van der Waals surface area contributed by atoms with Crippen LogP contribution in [-0.4, -0.2) is 104 Å². The van der Waals surface area contributed by atoms with Crippen molar-refractivity contribution in [1.29, 1.82) is 0 Å². The molecule has 2 aromatic rings. The van der Waals surface area contributed by atoms with E-state index in [1.807, 2.05) is 43.3 Å². The van der Waals surface area contributed by atoms with Crippen LogP contribution >= 0.6 is 0 Å². The maximum atomic E-state index is 12.2. The van der Waals surface area contributed by atoms with Crippen LogP contribution in [-0.2, 0) is 16.1 Å². The molecule has 0 aromatic heterocycles. The quantitative estimate of drug-likeness (QED) is 0.569. The fraction of sp³-hybridized carbons (Fsp3) is 0.536. The molecule has 2 aromatic carbocycles. The second-order valence-electron chi connectivity index (χ2n) is 9.93. The second-order valence-corrected chi connectivity index (χ2v) is 9.93. The van der Waals surface area contributed by atoms with E-state index in [9.17, 15) is 9.90 Å². The SMILES string of the molecule is CC(=O)N1CCN(Cc2cccc(OCCN3CCOCC3)c2)C[C@@](O)(COc2ccc(C)cc2)C1. The van der Waals surface area contributed by atoms with Gasteiger partial charge in [-0.05, 0) is 36.8 Å². The lowest BCUT2D eigenvalue weighted by Gasteiger charge is -2.32. The first-order valence-corrected chi connectivity index (χ1v) is 12.8. The molecule has 8 heteroatoms. The number of hydrogen-bond donors (Lipinski definition) is 1. The fourth-order valence-electron chi connectivity index (χ4n) is 4.70. The van der Waals surface area contributed by atoms with Crippen molar-refractivity contribution < 1.29 is 24.1 Å². The maximum absolute atomic E-state index is 12.2. The lowest BCUT2D eigenvalue weighted by atomic mass is 10.0. The van der Waals surface area contributed by atoms with E-state index in [2.05, 4.69) is 21.9 Å². The molecule has 2 saturated heterocycles. The van der Waals surface area contributed by atoms with E-state index in [0.29, 0.717) is 38.5 Å². The molecular formula is C28H39N3O5. The molecule has 0 bridgehead atoms. The van der Waals surface area contributed by atoms with Crippen molar-refractivity contribution in [2.75, 3.05) is 72.2 Å². The largest absolute Gasteiger partial charge is 0.492 e. The van der Waals surface area contributed by atoms with Gasteiger partial charge in [-0.25, -0.2) is 0 Å². The van der Waals surface area contributed by atoms with Gasteiger partial charge in [0.25, 0.3) is 0 Å². The molecule has 2 fully saturated rings. The summed E-state index contributed by atoms with van der Waals surface area (Å²) in [5.41, 5.74) is 1.08. The van der Waals surface area contributed by atoms with Crippen LogP contribution in [0.25, 0.3) is 0 Å². The van der Waals surface area contributed by atoms with E-state index in [0.717, 1.165) is 49.7 Å². The first kappa shape index (κ1) is 26.4. The van der Waals surface area contributed by atoms with Crippen LogP contribution in [0.2, 0.25) is 0 Å². The highest BCUT2D eigenvalue weighted by Gasteiger charge is 2.37. The first-order chi connectivity index (χ1) is 17.4. The minimum atomic E-state index is -1.18. The molecule has 1 atom stereocenters. The standard InChI is InChI=1S/C28H39N3O5/c1-23-6-8-26(9-7-23)36-22-28(33)20-30(10-11-31(21-28)24(2)32)19-25-4-3-5-27(18-25)35-17-14-29-12-15-34-16-13-29/h3-9,18,33H,10-17,19-22H2,1-2H3/t28-/m0/s1. The lowest BCUT2D eigenvalue weighted by molar-refractivity contribution is -0.132. The van der Waals surface area contributed by atoms with Crippen molar-refractivity contribution in [3.05, 3.63) is 59.7 Å². The predicted molar refractivity (Wildman–Crippen MR) is 138 cm³/mol. The van der Waals surface area contributed by atoms with Crippen molar-refractivity contribution in [1.82, 2.24) is 14.7 Å². The van der Waals surface area contributed by atoms with Crippen molar-refractivity contribution >= 4 is 5.91 Å². The zero-order valence-corrected chi connectivity index (χ0v) is 21.5. The average Bonchev–Trinajstić information content (AvgIpc) is 3.04. The molecule has 196 valence electrons. The van der Waals surface area contributed by atoms with Gasteiger partial charge in [0.2, 0.25) is 5.91 Å². The number of nitrogens with zero attached hydrogens (tertiary/aromatic N) is 3. The molecule has 36 heavy (non-hydrogen) atoms. The van der Waals surface area contributed by atoms with Crippen molar-refractivity contribution in [2.24, 2.45) is 0 Å². The first-order valence-electron chi connectivity index (χ1n) is 12.8. The highest BCUT2D eigenvalue weighted by molar-refractivity contribution is 5.73. The summed E-state index contributed by atoms with van der Waals surface area (Å²) in [6.45, 7) is 11.2. The zero-order chi connectivity index (χ0) is 25.4. The summed E-state index contributed by atoms with van der Waals surface area (Å²) in [5, 5.41) is 11.5. The number of morpholine rings is 1. The van der Waals surface area contributed by atoms with Crippen LogP contribution in [0.5, 0.6) is 11.5 Å². The molecule has 0 unspecified atom stereocenters. The van der Waals surface area contributed by atoms with E-state index < -0.39 is 5.60 Å². The third kappa shape index (κ3) is 7.93. The van der Waals surface area contributed by atoms with Crippen molar-refractivity contribution in [3.63, 3.8) is 0 Å². The van der Waals surface area contributed by atoms with Crippen LogP contribution in [0.15, 0.2) is 48.5 Å². The summed E-state index contributed by atoms with van der Waals surface area (Å²) in [6, 6.07) is 15.9. The minimum absolute atomic E-state index is 0.0405. The Hall–Kier alpha value is -2.65. The topological polar surface area (TPSA) is 74.7 Å². The predicted octanol–water partition coefficient (Wildman–Crippen LogP) is 2.18. The number of carbonyl (C=O) groups excluding carboxylic acids is 1. The number of β-amino-alcohol motifs (C(OH)–C–C–N with tert-alkyl or cyclic N) is 1. The van der Waals surface area contributed by atoms with E-state index in [1.165, 1.54) is 0 Å². The van der Waals surface area contributed by atoms with Gasteiger partial charge in [-0.1, -0.05) is 29.8 Å². The molecule has 0 spiro atoms. The number of benzene rings is 2. The van der Waals surface area contributed by atoms with Crippen LogP contribution in [0.3, 0.4) is 0 Å². The molecule has 0 radical (unpaired) electrons. The number of aliphatic hydroxyl groups is 1. The van der Waals surface area contributed by atoms with Gasteiger partial charge in [-0.3, -0.25) is 14.6 Å². The highest BCUT2D eigenvalue weighted by Crippen LogP contribution is 2.21. The van der Waals surface area contributed by atoms with Gasteiger partial charge in [-0.2, -0.15) is 0 Å². The van der Waals surface area contributed by atoms with Gasteiger partial charge >= 0.3 is 0 Å². The van der Waals surface area contributed by atoms with Gasteiger partial charge in [0.05, 0.1) is 19.8 Å². The summed E-state index contributed by atoms with van der Waals surface area (Å²) >= 11 is 0. The lowest BCUT2D eigenvalue weighted by Crippen LogP contribution is -2.51. The summed E-state index contributed by atoms with van der Waals surface area (Å²) in [5.74, 6) is 1.52. The molecule has 2 heterocycles. The van der Waals surface area contributed by atoms with Gasteiger partial charge in [-0.15, -0.1) is 0 Å². The second kappa shape index (κ2) is 12.5. The Morgan fingerprint density at radius 3 is 2.50 bits per heavy atom. The Balaban J connectivity index is 1.36. The van der Waals surface area contributed by atoms with Crippen LogP contribution in [0, 0.1) is 6.92 Å². The molecule has 0 aliphatic carbocycles. The summed E-state index contributed by atoms with van der Waals surface area (Å²) < 4.78 is 17.4. The number of rotatable bonds is 9. The monoisotopic (exact) mass is 497 g/mol. The Kier molecular flexibility index (Phi) is 9.20. The zero-order valence-electron chi connectivity index (χ0n) is 21.5. The minimum Gasteiger partial charge on any atom is -0.492 e. The maximum Gasteiger partial charge on any atom is 0.219 e. The number of hydrogen-bond acceptors (Lipinski definition) is 7. The van der Waals surface area contributed by atoms with Crippen molar-refractivity contribution in [2.45, 2.75) is 26.0 Å². The fourth-order valence-corrected chi connectivity index (χ4v) is 4.70. The van der Waals surface area contributed by atoms with Gasteiger partial charge in [0.15, 0.2) is 0 Å². The van der Waals surface area contributed by atoms with E-state index in [4.69, 9.17) is 14.2 Å². The molecule has 2 aliphatic heterocycles. The smallest absolute Gasteiger partial charge is 0.219 e. The van der Waals surface area contributed by atoms with Crippen LogP contribution < -0.4 is 9.47 Å². The molecule has 1 N–H and O–H groups in total. The molecule has 4 rings (SSSR count). The Morgan fingerprint density at radius 1 is 0.972 bits per heavy atom. The number of ether oxygens (including phenoxy) is 3. The van der Waals surface area contributed by atoms with Crippen molar-refractivity contribution in [3.8, 4) is 11.5 Å². The molecule has 1 amide bonds. The number of aryl methyl sites for hydroxylation is 1. The average molecular weight is 498 g/mol. The van der Waals surface area contributed by atoms with E-state index in [-0.39, 0.29) is 19.1 Å². The normalized spacial score (nSPS) is 21.7. The summed E-state index contributed by atoms with van der Waals surface area (Å²) in [6.07, 6.45) is 0. The molecule has 2 aliphatic rings. The van der Waals surface area contributed by atoms with Gasteiger partial charge in [0.1, 0.15) is 30.3 Å². The van der Waals surface area contributed by atoms with Gasteiger partial charge < -0.3 is 24.2 Å². The van der Waals surface area contributed by atoms with Gasteiger partial charge in [0, 0.05) is 52.7 Å². The number of amides is 1. The number of carbonyl (C=O) groups is 1. The third-order valence-corrected chi connectivity index (χ3v) is 6.75. The van der Waals surface area contributed by atoms with Crippen LogP contribution in [0.4, 0.5) is 0 Å². The van der Waals surface area contributed by atoms with Crippen LogP contribution in [0.1, 0.15) is 18.1 Å². The van der Waals surface area contributed by atoms with E-state index >= 15 is 0 Å². The summed E-state index contributed by atoms with van der Waals surface area (Å²) in [7, 11) is 0.